The van der Waals surface area contributed by atoms with Crippen molar-refractivity contribution in [2.45, 2.75) is 6.61 Å². The molecule has 0 bridgehead atoms. The molecule has 0 aliphatic heterocycles. The van der Waals surface area contributed by atoms with Gasteiger partial charge >= 0.3 is 12.6 Å². The molecule has 0 saturated heterocycles. The molecule has 140 valence electrons. The molecule has 0 atom stereocenters. The van der Waals surface area contributed by atoms with E-state index in [1.807, 2.05) is 0 Å². The van der Waals surface area contributed by atoms with Gasteiger partial charge in [-0.3, -0.25) is 0 Å². The van der Waals surface area contributed by atoms with E-state index >= 15 is 0 Å². The van der Waals surface area contributed by atoms with E-state index in [1.54, 1.807) is 24.3 Å². The number of methoxy groups -OCH3 is 1. The zero-order chi connectivity index (χ0) is 18.9. The highest BCUT2D eigenvalue weighted by atomic mass is 35.5. The summed E-state index contributed by atoms with van der Waals surface area (Å²) in [6.45, 7) is -2.51. The fraction of sp³-hybridized carbons (Fsp3) is 0.235. The number of alkyl halides is 2. The van der Waals surface area contributed by atoms with Gasteiger partial charge in [0, 0.05) is 16.8 Å². The first-order chi connectivity index (χ1) is 12.5. The topological polar surface area (TPSA) is 68.8 Å². The molecular weight excluding hydrogens is 370 g/mol. The summed E-state index contributed by atoms with van der Waals surface area (Å²) in [6, 6.07) is 10.5. The minimum Gasteiger partial charge on any atom is -0.493 e. The molecule has 2 N–H and O–H groups in total. The van der Waals surface area contributed by atoms with Crippen LogP contribution in [0.1, 0.15) is 0 Å². The van der Waals surface area contributed by atoms with Crippen LogP contribution in [0.25, 0.3) is 0 Å². The monoisotopic (exact) mass is 386 g/mol. The van der Waals surface area contributed by atoms with Gasteiger partial charge in [-0.05, 0) is 36.4 Å². The zero-order valence-electron chi connectivity index (χ0n) is 13.8. The highest BCUT2D eigenvalue weighted by Crippen LogP contribution is 2.31. The first-order valence-corrected chi connectivity index (χ1v) is 7.92. The number of amides is 2. The number of carbonyl (C=O) groups excluding carboxylic acids is 1. The fourth-order valence-electron chi connectivity index (χ4n) is 1.98. The summed E-state index contributed by atoms with van der Waals surface area (Å²) in [5, 5.41) is 5.69. The molecule has 0 aliphatic rings. The Morgan fingerprint density at radius 3 is 2.54 bits per heavy atom. The van der Waals surface area contributed by atoms with Crippen LogP contribution in [0.4, 0.5) is 19.3 Å². The number of halogens is 3. The Bertz CT molecular complexity index is 729. The first-order valence-electron chi connectivity index (χ1n) is 7.54. The molecule has 2 amide bonds. The predicted octanol–water partition coefficient (Wildman–Crippen LogP) is 4.15. The van der Waals surface area contributed by atoms with Crippen molar-refractivity contribution in [3.8, 4) is 17.2 Å². The smallest absolute Gasteiger partial charge is 0.387 e. The third-order valence-electron chi connectivity index (χ3n) is 3.11. The number of hydrogen-bond acceptors (Lipinski definition) is 4. The molecule has 0 radical (unpaired) electrons. The summed E-state index contributed by atoms with van der Waals surface area (Å²) >= 11 is 5.77. The van der Waals surface area contributed by atoms with Crippen molar-refractivity contribution in [3.63, 3.8) is 0 Å². The summed E-state index contributed by atoms with van der Waals surface area (Å²) in [7, 11) is 1.33. The standard InChI is InChI=1S/C17H17ClF2N2O4/c1-24-14-7-4-12(10-15(14)26-16(19)20)22-17(23)21-8-9-25-13-5-2-11(18)3-6-13/h2-7,10,16H,8-9H2,1H3,(H2,21,22,23). The molecule has 6 nitrogen and oxygen atoms in total. The summed E-state index contributed by atoms with van der Waals surface area (Å²) in [5.74, 6) is 0.583. The number of nitrogens with one attached hydrogen (secondary N) is 2. The van der Waals surface area contributed by atoms with Gasteiger partial charge in [0.25, 0.3) is 0 Å². The van der Waals surface area contributed by atoms with E-state index in [-0.39, 0.29) is 30.3 Å². The van der Waals surface area contributed by atoms with Crippen molar-refractivity contribution >= 4 is 23.3 Å². The normalized spacial score (nSPS) is 10.3. The molecule has 9 heteroatoms. The van der Waals surface area contributed by atoms with Crippen molar-refractivity contribution in [1.29, 1.82) is 0 Å². The van der Waals surface area contributed by atoms with Crippen molar-refractivity contribution < 1.29 is 27.8 Å². The summed E-state index contributed by atoms with van der Waals surface area (Å²) in [4.78, 5) is 11.8. The second-order valence-electron chi connectivity index (χ2n) is 4.93. The Morgan fingerprint density at radius 1 is 1.15 bits per heavy atom. The quantitative estimate of drug-likeness (QED) is 0.669. The second kappa shape index (κ2) is 9.67. The van der Waals surface area contributed by atoms with Gasteiger partial charge in [-0.25, -0.2) is 4.79 Å². The summed E-state index contributed by atoms with van der Waals surface area (Å²) in [5.41, 5.74) is 0.276. The van der Waals surface area contributed by atoms with Crippen LogP contribution in [0.5, 0.6) is 17.2 Å². The van der Waals surface area contributed by atoms with Crippen molar-refractivity contribution in [1.82, 2.24) is 5.32 Å². The lowest BCUT2D eigenvalue weighted by Crippen LogP contribution is -2.32. The lowest BCUT2D eigenvalue weighted by molar-refractivity contribution is -0.0511. The second-order valence-corrected chi connectivity index (χ2v) is 5.36. The Hall–Kier alpha value is -2.74. The third-order valence-corrected chi connectivity index (χ3v) is 3.36. The van der Waals surface area contributed by atoms with Crippen LogP contribution in [0.2, 0.25) is 5.02 Å². The summed E-state index contributed by atoms with van der Waals surface area (Å²) in [6.07, 6.45) is 0. The number of hydrogen-bond donors (Lipinski definition) is 2. The third kappa shape index (κ3) is 6.29. The summed E-state index contributed by atoms with van der Waals surface area (Å²) < 4.78 is 39.5. The maximum atomic E-state index is 12.4. The molecule has 26 heavy (non-hydrogen) atoms. The van der Waals surface area contributed by atoms with E-state index < -0.39 is 12.6 Å². The Morgan fingerprint density at radius 2 is 1.88 bits per heavy atom. The van der Waals surface area contributed by atoms with Gasteiger partial charge in [-0.15, -0.1) is 0 Å². The molecule has 0 heterocycles. The van der Waals surface area contributed by atoms with Gasteiger partial charge in [0.1, 0.15) is 12.4 Å². The Balaban J connectivity index is 1.80. The van der Waals surface area contributed by atoms with Gasteiger partial charge < -0.3 is 24.8 Å². The van der Waals surface area contributed by atoms with E-state index in [0.29, 0.717) is 10.8 Å². The molecule has 0 unspecified atom stereocenters. The van der Waals surface area contributed by atoms with Crippen LogP contribution in [-0.4, -0.2) is 32.9 Å². The van der Waals surface area contributed by atoms with E-state index in [1.165, 1.54) is 25.3 Å². The Kier molecular flexibility index (Phi) is 7.28. The van der Waals surface area contributed by atoms with Crippen LogP contribution in [-0.2, 0) is 0 Å². The van der Waals surface area contributed by atoms with Gasteiger partial charge in [0.15, 0.2) is 11.5 Å². The molecule has 0 aromatic heterocycles. The molecule has 0 fully saturated rings. The van der Waals surface area contributed by atoms with Crippen molar-refractivity contribution in [2.75, 3.05) is 25.6 Å². The van der Waals surface area contributed by atoms with Crippen LogP contribution in [0.15, 0.2) is 42.5 Å². The molecule has 2 aromatic carbocycles. The SMILES string of the molecule is COc1ccc(NC(=O)NCCOc2ccc(Cl)cc2)cc1OC(F)F. The number of anilines is 1. The zero-order valence-corrected chi connectivity index (χ0v) is 14.6. The highest BCUT2D eigenvalue weighted by molar-refractivity contribution is 6.30. The average molecular weight is 387 g/mol. The van der Waals surface area contributed by atoms with E-state index in [4.69, 9.17) is 21.1 Å². The molecule has 0 aliphatic carbocycles. The number of benzene rings is 2. The van der Waals surface area contributed by atoms with Gasteiger partial charge in [-0.2, -0.15) is 8.78 Å². The molecule has 0 spiro atoms. The highest BCUT2D eigenvalue weighted by Gasteiger charge is 2.12. The number of ether oxygens (including phenoxy) is 3. The number of rotatable bonds is 8. The van der Waals surface area contributed by atoms with Crippen LogP contribution in [0.3, 0.4) is 0 Å². The Labute approximate surface area is 154 Å². The maximum Gasteiger partial charge on any atom is 0.387 e. The van der Waals surface area contributed by atoms with Crippen molar-refractivity contribution in [3.05, 3.63) is 47.5 Å². The maximum absolute atomic E-state index is 12.4. The van der Waals surface area contributed by atoms with Crippen LogP contribution < -0.4 is 24.8 Å². The van der Waals surface area contributed by atoms with E-state index in [9.17, 15) is 13.6 Å². The van der Waals surface area contributed by atoms with Crippen LogP contribution in [0, 0.1) is 0 Å². The lowest BCUT2D eigenvalue weighted by atomic mass is 10.3. The predicted molar refractivity (Wildman–Crippen MR) is 93.6 cm³/mol. The first kappa shape index (κ1) is 19.6. The van der Waals surface area contributed by atoms with Gasteiger partial charge in [0.05, 0.1) is 13.7 Å². The molecular formula is C17H17ClF2N2O4. The largest absolute Gasteiger partial charge is 0.493 e. The molecule has 2 aromatic rings. The fourth-order valence-corrected chi connectivity index (χ4v) is 2.11. The number of carbonyl (C=O) groups is 1. The van der Waals surface area contributed by atoms with E-state index in [2.05, 4.69) is 15.4 Å². The van der Waals surface area contributed by atoms with Gasteiger partial charge in [-0.1, -0.05) is 11.6 Å². The molecule has 2 rings (SSSR count). The van der Waals surface area contributed by atoms with Gasteiger partial charge in [0.2, 0.25) is 0 Å². The van der Waals surface area contributed by atoms with E-state index in [0.717, 1.165) is 0 Å². The minimum atomic E-state index is -3.00. The molecule has 0 saturated carbocycles. The average Bonchev–Trinajstić information content (AvgIpc) is 2.60. The van der Waals surface area contributed by atoms with Crippen LogP contribution >= 0.6 is 11.6 Å². The van der Waals surface area contributed by atoms with Crippen molar-refractivity contribution in [2.24, 2.45) is 0 Å². The minimum absolute atomic E-state index is 0.132. The number of urea groups is 1. The lowest BCUT2D eigenvalue weighted by Gasteiger charge is -2.13.